The first-order chi connectivity index (χ1) is 14.2. The highest BCUT2D eigenvalue weighted by molar-refractivity contribution is 14.0. The summed E-state index contributed by atoms with van der Waals surface area (Å²) in [4.78, 5) is 9.03. The van der Waals surface area contributed by atoms with Gasteiger partial charge in [-0.3, -0.25) is 0 Å². The molecule has 3 aromatic rings. The first kappa shape index (κ1) is 23.9. The van der Waals surface area contributed by atoms with E-state index in [1.54, 1.807) is 12.1 Å². The van der Waals surface area contributed by atoms with Gasteiger partial charge in [-0.2, -0.15) is 4.98 Å². The van der Waals surface area contributed by atoms with Crippen LogP contribution in [0.5, 0.6) is 5.75 Å². The van der Waals surface area contributed by atoms with Crippen LogP contribution in [-0.4, -0.2) is 29.3 Å². The lowest BCUT2D eigenvalue weighted by atomic mass is 10.2. The molecule has 7 nitrogen and oxygen atoms in total. The van der Waals surface area contributed by atoms with E-state index in [1.165, 1.54) is 0 Å². The third-order valence-corrected chi connectivity index (χ3v) is 4.22. The SMILES string of the molecule is CCNC(=NCc1ccccc1OCC)NCc1nc(-c2cccc(Cl)c2)no1.I. The van der Waals surface area contributed by atoms with Crippen LogP contribution in [0.4, 0.5) is 0 Å². The zero-order valence-electron chi connectivity index (χ0n) is 16.9. The summed E-state index contributed by atoms with van der Waals surface area (Å²) in [6, 6.07) is 15.2. The van der Waals surface area contributed by atoms with Gasteiger partial charge in [-0.05, 0) is 32.0 Å². The summed E-state index contributed by atoms with van der Waals surface area (Å²) in [5.74, 6) is 2.45. The van der Waals surface area contributed by atoms with Gasteiger partial charge in [0.25, 0.3) is 0 Å². The quantitative estimate of drug-likeness (QED) is 0.245. The standard InChI is InChI=1S/C21H24ClN5O2.HI/c1-3-23-21(24-13-16-8-5-6-11-18(16)28-4-2)25-14-19-26-20(27-29-19)15-9-7-10-17(22)12-15;/h5-12H,3-4,13-14H2,1-2H3,(H2,23,24,25);1H. The van der Waals surface area contributed by atoms with Gasteiger partial charge in [0, 0.05) is 22.7 Å². The number of hydrogen-bond donors (Lipinski definition) is 2. The second kappa shape index (κ2) is 12.4. The molecule has 0 saturated carbocycles. The van der Waals surface area contributed by atoms with Crippen molar-refractivity contribution in [1.82, 2.24) is 20.8 Å². The van der Waals surface area contributed by atoms with Crippen molar-refractivity contribution in [2.75, 3.05) is 13.2 Å². The highest BCUT2D eigenvalue weighted by Gasteiger charge is 2.10. The number of guanidine groups is 1. The number of para-hydroxylation sites is 1. The number of aliphatic imine (C=N–C) groups is 1. The van der Waals surface area contributed by atoms with E-state index in [1.807, 2.05) is 50.2 Å². The van der Waals surface area contributed by atoms with E-state index < -0.39 is 0 Å². The molecule has 9 heteroatoms. The Labute approximate surface area is 198 Å². The van der Waals surface area contributed by atoms with Crippen molar-refractivity contribution >= 4 is 41.5 Å². The van der Waals surface area contributed by atoms with Crippen LogP contribution in [0, 0.1) is 0 Å². The molecule has 1 heterocycles. The van der Waals surface area contributed by atoms with Gasteiger partial charge in [-0.25, -0.2) is 4.99 Å². The Bertz CT molecular complexity index is 964. The molecule has 0 aliphatic heterocycles. The highest BCUT2D eigenvalue weighted by Crippen LogP contribution is 2.20. The summed E-state index contributed by atoms with van der Waals surface area (Å²) in [5.41, 5.74) is 1.83. The van der Waals surface area contributed by atoms with Crippen molar-refractivity contribution in [2.24, 2.45) is 4.99 Å². The smallest absolute Gasteiger partial charge is 0.246 e. The van der Waals surface area contributed by atoms with E-state index in [0.29, 0.717) is 42.4 Å². The Morgan fingerprint density at radius 1 is 1.13 bits per heavy atom. The largest absolute Gasteiger partial charge is 0.494 e. The van der Waals surface area contributed by atoms with E-state index in [0.717, 1.165) is 23.4 Å². The molecule has 2 N–H and O–H groups in total. The molecule has 1 aromatic heterocycles. The van der Waals surface area contributed by atoms with Crippen LogP contribution in [0.15, 0.2) is 58.0 Å². The summed E-state index contributed by atoms with van der Waals surface area (Å²) in [6.07, 6.45) is 0. The Balaban J connectivity index is 0.00000320. The molecule has 0 radical (unpaired) electrons. The molecule has 0 aliphatic carbocycles. The van der Waals surface area contributed by atoms with Gasteiger partial charge in [-0.1, -0.05) is 47.1 Å². The fourth-order valence-corrected chi connectivity index (χ4v) is 2.86. The van der Waals surface area contributed by atoms with Crippen molar-refractivity contribution in [3.05, 3.63) is 65.0 Å². The van der Waals surface area contributed by atoms with Gasteiger partial charge in [0.05, 0.1) is 19.7 Å². The molecule has 0 fully saturated rings. The van der Waals surface area contributed by atoms with Gasteiger partial charge in [-0.15, -0.1) is 24.0 Å². The number of nitrogens with one attached hydrogen (secondary N) is 2. The molecule has 160 valence electrons. The predicted octanol–water partition coefficient (Wildman–Crippen LogP) is 4.66. The minimum Gasteiger partial charge on any atom is -0.494 e. The van der Waals surface area contributed by atoms with Crippen LogP contribution in [0.1, 0.15) is 25.3 Å². The topological polar surface area (TPSA) is 84.6 Å². The maximum absolute atomic E-state index is 6.02. The minimum absolute atomic E-state index is 0. The Kier molecular flexibility index (Phi) is 9.88. The average Bonchev–Trinajstić information content (AvgIpc) is 3.20. The van der Waals surface area contributed by atoms with E-state index in [2.05, 4.69) is 25.8 Å². The van der Waals surface area contributed by atoms with Crippen molar-refractivity contribution in [3.63, 3.8) is 0 Å². The second-order valence-corrected chi connectivity index (χ2v) is 6.55. The van der Waals surface area contributed by atoms with E-state index in [4.69, 9.17) is 20.9 Å². The normalized spacial score (nSPS) is 11.0. The number of hydrogen-bond acceptors (Lipinski definition) is 5. The van der Waals surface area contributed by atoms with E-state index >= 15 is 0 Å². The van der Waals surface area contributed by atoms with Crippen molar-refractivity contribution in [1.29, 1.82) is 0 Å². The summed E-state index contributed by atoms with van der Waals surface area (Å²) >= 11 is 6.02. The molecule has 0 saturated heterocycles. The van der Waals surface area contributed by atoms with Crippen LogP contribution in [0.3, 0.4) is 0 Å². The first-order valence-corrected chi connectivity index (χ1v) is 9.88. The number of nitrogens with zero attached hydrogens (tertiary/aromatic N) is 3. The van der Waals surface area contributed by atoms with Crippen molar-refractivity contribution in [3.8, 4) is 17.1 Å². The van der Waals surface area contributed by atoms with Crippen molar-refractivity contribution < 1.29 is 9.26 Å². The maximum atomic E-state index is 6.02. The van der Waals surface area contributed by atoms with E-state index in [-0.39, 0.29) is 24.0 Å². The Hall–Kier alpha value is -2.33. The van der Waals surface area contributed by atoms with Gasteiger partial charge in [0.2, 0.25) is 11.7 Å². The lowest BCUT2D eigenvalue weighted by molar-refractivity contribution is 0.336. The van der Waals surface area contributed by atoms with Crippen LogP contribution in [0.2, 0.25) is 5.02 Å². The van der Waals surface area contributed by atoms with Crippen LogP contribution >= 0.6 is 35.6 Å². The molecular weight excluding hydrogens is 517 g/mol. The van der Waals surface area contributed by atoms with Gasteiger partial charge in [0.15, 0.2) is 5.96 Å². The van der Waals surface area contributed by atoms with Gasteiger partial charge in [0.1, 0.15) is 5.75 Å². The summed E-state index contributed by atoms with van der Waals surface area (Å²) in [5, 5.41) is 11.1. The molecule has 0 amide bonds. The molecule has 0 atom stereocenters. The van der Waals surface area contributed by atoms with Crippen LogP contribution in [0.25, 0.3) is 11.4 Å². The third kappa shape index (κ3) is 6.88. The fourth-order valence-electron chi connectivity index (χ4n) is 2.67. The van der Waals surface area contributed by atoms with Crippen LogP contribution in [-0.2, 0) is 13.1 Å². The third-order valence-electron chi connectivity index (χ3n) is 3.98. The lowest BCUT2D eigenvalue weighted by Crippen LogP contribution is -2.36. The average molecular weight is 542 g/mol. The van der Waals surface area contributed by atoms with Crippen molar-refractivity contribution in [2.45, 2.75) is 26.9 Å². The highest BCUT2D eigenvalue weighted by atomic mass is 127. The summed E-state index contributed by atoms with van der Waals surface area (Å²) in [6.45, 7) is 6.17. The monoisotopic (exact) mass is 541 g/mol. The molecule has 0 spiro atoms. The predicted molar refractivity (Wildman–Crippen MR) is 129 cm³/mol. The second-order valence-electron chi connectivity index (χ2n) is 6.11. The molecule has 30 heavy (non-hydrogen) atoms. The maximum Gasteiger partial charge on any atom is 0.246 e. The molecule has 0 unspecified atom stereocenters. The fraction of sp³-hybridized carbons (Fsp3) is 0.286. The number of benzene rings is 2. The first-order valence-electron chi connectivity index (χ1n) is 9.51. The number of rotatable bonds is 8. The Morgan fingerprint density at radius 2 is 1.97 bits per heavy atom. The lowest BCUT2D eigenvalue weighted by Gasteiger charge is -2.11. The number of halogens is 2. The Morgan fingerprint density at radius 3 is 2.73 bits per heavy atom. The minimum atomic E-state index is 0. The van der Waals surface area contributed by atoms with Crippen LogP contribution < -0.4 is 15.4 Å². The summed E-state index contributed by atoms with van der Waals surface area (Å²) < 4.78 is 11.0. The zero-order valence-corrected chi connectivity index (χ0v) is 20.0. The molecule has 3 rings (SSSR count). The van der Waals surface area contributed by atoms with Gasteiger partial charge >= 0.3 is 0 Å². The van der Waals surface area contributed by atoms with Gasteiger partial charge < -0.3 is 19.9 Å². The van der Waals surface area contributed by atoms with E-state index in [9.17, 15) is 0 Å². The number of ether oxygens (including phenoxy) is 1. The summed E-state index contributed by atoms with van der Waals surface area (Å²) in [7, 11) is 0. The molecular formula is C21H25ClIN5O2. The molecule has 0 bridgehead atoms. The molecule has 2 aromatic carbocycles. The zero-order chi connectivity index (χ0) is 20.5. The number of aromatic nitrogens is 2. The molecule has 0 aliphatic rings.